The third-order valence-corrected chi connectivity index (χ3v) is 0.805. The molecule has 0 aliphatic heterocycles. The van der Waals surface area contributed by atoms with Crippen molar-refractivity contribution in [2.45, 2.75) is 19.1 Å². The molecule has 13 heavy (non-hydrogen) atoms. The van der Waals surface area contributed by atoms with E-state index in [0.717, 1.165) is 0 Å². The van der Waals surface area contributed by atoms with Gasteiger partial charge >= 0.3 is 13.2 Å². The molecule has 0 saturated carbocycles. The number of nitrogens with two attached hydrogens (primary N) is 1. The molecule has 0 aromatic carbocycles. The van der Waals surface area contributed by atoms with E-state index in [1.165, 1.54) is 6.92 Å². The number of aliphatic hydroxyl groups is 1. The van der Waals surface area contributed by atoms with Gasteiger partial charge in [0.1, 0.15) is 6.04 Å². The quantitative estimate of drug-likeness (QED) is 0.441. The van der Waals surface area contributed by atoms with Crippen molar-refractivity contribution in [2.75, 3.05) is 0 Å². The summed E-state index contributed by atoms with van der Waals surface area (Å²) < 4.78 is 39.0. The predicted octanol–water partition coefficient (Wildman–Crippen LogP) is 0.0791. The van der Waals surface area contributed by atoms with Crippen LogP contribution in [0.25, 0.3) is 0 Å². The molecule has 0 aromatic rings. The lowest BCUT2D eigenvalue weighted by molar-refractivity contribution is -0.140. The zero-order chi connectivity index (χ0) is 11.2. The van der Waals surface area contributed by atoms with Crippen LogP contribution in [0.5, 0.6) is 0 Å². The molecule has 0 bridgehead atoms. The van der Waals surface area contributed by atoms with E-state index >= 15 is 0 Å². The standard InChI is InChI=1S/C4H9NO3.BF4/c1-2(6)3(5)4(7)8;2-1(3,4)5/h2-3,6H,5H2,1H3,(H,7,8);/q;-1/t2-,3+;/m1./s1. The molecule has 9 heteroatoms. The molecule has 4 N–H and O–H groups in total. The minimum Gasteiger partial charge on any atom is -0.480 e. The highest BCUT2D eigenvalue weighted by Crippen LogP contribution is 2.06. The third kappa shape index (κ3) is 18.3. The molecule has 0 aliphatic carbocycles. The normalized spacial score (nSPS) is 15.3. The lowest BCUT2D eigenvalue weighted by Crippen LogP contribution is -2.39. The van der Waals surface area contributed by atoms with Gasteiger partial charge in [0, 0.05) is 0 Å². The van der Waals surface area contributed by atoms with Crippen molar-refractivity contribution in [1.82, 2.24) is 0 Å². The highest BCUT2D eigenvalue weighted by atomic mass is 19.5. The smallest absolute Gasteiger partial charge is 0.480 e. The molecule has 0 aliphatic rings. The SMILES string of the molecule is C[C@@H](O)[C@H](N)C(=O)O.F[B-](F)(F)F. The van der Waals surface area contributed by atoms with Crippen LogP contribution in [0, 0.1) is 0 Å². The summed E-state index contributed by atoms with van der Waals surface area (Å²) in [6.45, 7) is 1.33. The van der Waals surface area contributed by atoms with E-state index in [-0.39, 0.29) is 0 Å². The second-order valence-electron chi connectivity index (χ2n) is 2.10. The van der Waals surface area contributed by atoms with Gasteiger partial charge in [-0.3, -0.25) is 4.79 Å². The van der Waals surface area contributed by atoms with Crippen LogP contribution in [-0.2, 0) is 4.79 Å². The molecular weight excluding hydrogens is 197 g/mol. The van der Waals surface area contributed by atoms with E-state index in [0.29, 0.717) is 0 Å². The summed E-state index contributed by atoms with van der Waals surface area (Å²) in [4.78, 5) is 9.86. The number of carboxylic acids is 1. The van der Waals surface area contributed by atoms with E-state index < -0.39 is 25.4 Å². The predicted molar refractivity (Wildman–Crippen MR) is 37.5 cm³/mol. The Morgan fingerprint density at radius 2 is 1.62 bits per heavy atom. The maximum absolute atomic E-state index is 9.86. The van der Waals surface area contributed by atoms with Crippen LogP contribution in [0.1, 0.15) is 6.92 Å². The first-order valence-electron chi connectivity index (χ1n) is 3.09. The van der Waals surface area contributed by atoms with Crippen molar-refractivity contribution >= 4 is 13.2 Å². The Labute approximate surface area is 71.4 Å². The number of hydrogen-bond donors (Lipinski definition) is 3. The Hall–Kier alpha value is -0.825. The summed E-state index contributed by atoms with van der Waals surface area (Å²) in [5, 5.41) is 16.6. The van der Waals surface area contributed by atoms with Gasteiger partial charge in [-0.15, -0.1) is 0 Å². The molecule has 80 valence electrons. The van der Waals surface area contributed by atoms with Gasteiger partial charge in [0.2, 0.25) is 0 Å². The zero-order valence-electron chi connectivity index (χ0n) is 6.62. The first-order chi connectivity index (χ1) is 5.55. The second kappa shape index (κ2) is 5.76. The van der Waals surface area contributed by atoms with Crippen molar-refractivity contribution in [3.63, 3.8) is 0 Å². The van der Waals surface area contributed by atoms with Gasteiger partial charge in [-0.05, 0) is 6.92 Å². The van der Waals surface area contributed by atoms with Crippen LogP contribution in [-0.4, -0.2) is 35.6 Å². The Bertz CT molecular complexity index is 156. The average Bonchev–Trinajstić information content (AvgIpc) is 1.81. The molecule has 0 spiro atoms. The fourth-order valence-electron chi connectivity index (χ4n) is 0.206. The maximum atomic E-state index is 9.86. The highest BCUT2D eigenvalue weighted by Gasteiger charge is 2.20. The molecular formula is C4H9BF4NO3-. The number of halogens is 4. The van der Waals surface area contributed by atoms with Gasteiger partial charge in [-0.1, -0.05) is 0 Å². The van der Waals surface area contributed by atoms with Crippen molar-refractivity contribution in [2.24, 2.45) is 5.73 Å². The summed E-state index contributed by atoms with van der Waals surface area (Å²) >= 11 is 0. The highest BCUT2D eigenvalue weighted by molar-refractivity contribution is 6.50. The Morgan fingerprint density at radius 3 is 1.62 bits per heavy atom. The van der Waals surface area contributed by atoms with Gasteiger partial charge in [0.15, 0.2) is 0 Å². The second-order valence-corrected chi connectivity index (χ2v) is 2.10. The first kappa shape index (κ1) is 14.7. The molecule has 0 heterocycles. The fourth-order valence-corrected chi connectivity index (χ4v) is 0.206. The van der Waals surface area contributed by atoms with Gasteiger partial charge in [0.25, 0.3) is 0 Å². The number of hydrogen-bond acceptors (Lipinski definition) is 3. The fraction of sp³-hybridized carbons (Fsp3) is 0.750. The van der Waals surface area contributed by atoms with Gasteiger partial charge in [0.05, 0.1) is 6.10 Å². The van der Waals surface area contributed by atoms with Crippen LogP contribution in [0.15, 0.2) is 0 Å². The summed E-state index contributed by atoms with van der Waals surface area (Å²) in [5.41, 5.74) is 4.91. The van der Waals surface area contributed by atoms with Gasteiger partial charge in [-0.25, -0.2) is 0 Å². The van der Waals surface area contributed by atoms with E-state index in [1.54, 1.807) is 0 Å². The molecule has 0 aromatic heterocycles. The molecule has 4 nitrogen and oxygen atoms in total. The van der Waals surface area contributed by atoms with Crippen LogP contribution in [0.4, 0.5) is 17.3 Å². The summed E-state index contributed by atoms with van der Waals surface area (Å²) in [5.74, 6) is -1.18. The number of carbonyl (C=O) groups is 1. The zero-order valence-corrected chi connectivity index (χ0v) is 6.62. The van der Waals surface area contributed by atoms with E-state index in [1.807, 2.05) is 0 Å². The number of aliphatic hydroxyl groups excluding tert-OH is 1. The van der Waals surface area contributed by atoms with Crippen LogP contribution in [0.3, 0.4) is 0 Å². The number of carboxylic acid groups (broad SMARTS) is 1. The van der Waals surface area contributed by atoms with Crippen LogP contribution >= 0.6 is 0 Å². The lowest BCUT2D eigenvalue weighted by atomic mass is 10.2. The van der Waals surface area contributed by atoms with E-state index in [2.05, 4.69) is 0 Å². The van der Waals surface area contributed by atoms with Crippen LogP contribution in [0.2, 0.25) is 0 Å². The van der Waals surface area contributed by atoms with Crippen molar-refractivity contribution in [3.8, 4) is 0 Å². The van der Waals surface area contributed by atoms with E-state index in [4.69, 9.17) is 15.9 Å². The number of rotatable bonds is 2. The molecule has 0 rings (SSSR count). The lowest BCUT2D eigenvalue weighted by Gasteiger charge is -2.06. The summed E-state index contributed by atoms with van der Waals surface area (Å²) in [7, 11) is -6.00. The summed E-state index contributed by atoms with van der Waals surface area (Å²) in [6, 6.07) is -1.16. The molecule has 0 radical (unpaired) electrons. The van der Waals surface area contributed by atoms with E-state index in [9.17, 15) is 22.1 Å². The molecule has 2 atom stereocenters. The average molecular weight is 206 g/mol. The topological polar surface area (TPSA) is 83.5 Å². The minimum absolute atomic E-state index is 0.979. The summed E-state index contributed by atoms with van der Waals surface area (Å²) in [6.07, 6.45) is -0.979. The molecule has 0 fully saturated rings. The van der Waals surface area contributed by atoms with Gasteiger partial charge < -0.3 is 33.2 Å². The molecule has 0 unspecified atom stereocenters. The van der Waals surface area contributed by atoms with Crippen LogP contribution < -0.4 is 5.73 Å². The molecule has 0 saturated heterocycles. The Balaban J connectivity index is 0. The minimum atomic E-state index is -6.00. The van der Waals surface area contributed by atoms with Crippen molar-refractivity contribution in [3.05, 3.63) is 0 Å². The number of aliphatic carboxylic acids is 1. The Kier molecular flexibility index (Phi) is 6.50. The molecule has 0 amide bonds. The van der Waals surface area contributed by atoms with Gasteiger partial charge in [-0.2, -0.15) is 0 Å². The maximum Gasteiger partial charge on any atom is 0.673 e. The van der Waals surface area contributed by atoms with Crippen molar-refractivity contribution < 1.29 is 32.3 Å². The Morgan fingerprint density at radius 1 is 1.38 bits per heavy atom. The monoisotopic (exact) mass is 206 g/mol. The largest absolute Gasteiger partial charge is 0.673 e. The third-order valence-electron chi connectivity index (χ3n) is 0.805. The first-order valence-corrected chi connectivity index (χ1v) is 3.09. The van der Waals surface area contributed by atoms with Crippen molar-refractivity contribution in [1.29, 1.82) is 0 Å².